The Morgan fingerprint density at radius 2 is 1.57 bits per heavy atom. The third kappa shape index (κ3) is 5.30. The lowest BCUT2D eigenvalue weighted by Gasteiger charge is -2.14. The summed E-state index contributed by atoms with van der Waals surface area (Å²) in [7, 11) is 1.62. The van der Waals surface area contributed by atoms with E-state index in [9.17, 15) is 15.0 Å². The van der Waals surface area contributed by atoms with Gasteiger partial charge in [0.15, 0.2) is 5.76 Å². The fourth-order valence-electron chi connectivity index (χ4n) is 5.02. The summed E-state index contributed by atoms with van der Waals surface area (Å²) in [5.74, 6) is 0.748. The van der Waals surface area contributed by atoms with Gasteiger partial charge in [0, 0.05) is 16.5 Å². The average Bonchev–Trinajstić information content (AvgIpc) is 3.60. The van der Waals surface area contributed by atoms with Gasteiger partial charge < -0.3 is 19.5 Å². The molecule has 1 saturated carbocycles. The Kier molecular flexibility index (Phi) is 6.85. The van der Waals surface area contributed by atoms with Crippen LogP contribution >= 0.6 is 0 Å². The Morgan fingerprint density at radius 3 is 2.14 bits per heavy atom. The molecule has 1 aliphatic rings. The van der Waals surface area contributed by atoms with Crippen LogP contribution in [0.2, 0.25) is 0 Å². The Morgan fingerprint density at radius 1 is 0.973 bits per heavy atom. The quantitative estimate of drug-likeness (QED) is 0.260. The molecule has 0 amide bonds. The molecule has 1 aromatic heterocycles. The molecule has 1 atom stereocenters. The van der Waals surface area contributed by atoms with Crippen molar-refractivity contribution in [2.24, 2.45) is 0 Å². The van der Waals surface area contributed by atoms with E-state index in [1.807, 2.05) is 43.3 Å². The number of benzene rings is 3. The van der Waals surface area contributed by atoms with Crippen molar-refractivity contribution in [1.82, 2.24) is 5.16 Å². The van der Waals surface area contributed by atoms with Crippen LogP contribution in [0.3, 0.4) is 0 Å². The standard InChI is InChI=1S/C31H31NO5/c1-20-27(15-16-28(33)23-9-13-26(36-2)14-10-23)30(37-32-20)24-5-3-21(4-6-24)22-7-11-25(12-8-22)31(17-18-31)19-29(34)35/h3-14,28,33H,15-19H2,1-2H3,(H,34,35). The van der Waals surface area contributed by atoms with E-state index in [0.717, 1.165) is 63.4 Å². The van der Waals surface area contributed by atoms with Crippen molar-refractivity contribution in [3.63, 3.8) is 0 Å². The van der Waals surface area contributed by atoms with Crippen LogP contribution in [0.4, 0.5) is 0 Å². The molecule has 1 unspecified atom stereocenters. The minimum absolute atomic E-state index is 0.185. The van der Waals surface area contributed by atoms with Gasteiger partial charge in [0.05, 0.1) is 25.3 Å². The lowest BCUT2D eigenvalue weighted by atomic mass is 9.90. The molecule has 0 saturated heterocycles. The molecule has 0 spiro atoms. The maximum Gasteiger partial charge on any atom is 0.304 e. The third-order valence-corrected chi connectivity index (χ3v) is 7.47. The van der Waals surface area contributed by atoms with Crippen LogP contribution in [0, 0.1) is 6.92 Å². The number of aliphatic hydroxyl groups is 1. The van der Waals surface area contributed by atoms with Crippen LogP contribution in [0.1, 0.15) is 54.2 Å². The van der Waals surface area contributed by atoms with Gasteiger partial charge in [-0.05, 0) is 67.0 Å². The van der Waals surface area contributed by atoms with E-state index >= 15 is 0 Å². The lowest BCUT2D eigenvalue weighted by Crippen LogP contribution is -2.12. The summed E-state index contributed by atoms with van der Waals surface area (Å²) in [6.45, 7) is 1.93. The molecular formula is C31H31NO5. The van der Waals surface area contributed by atoms with E-state index in [0.29, 0.717) is 12.8 Å². The summed E-state index contributed by atoms with van der Waals surface area (Å²) in [6, 6.07) is 23.9. The Hall–Kier alpha value is -3.90. The molecule has 3 aromatic carbocycles. The molecule has 6 heteroatoms. The van der Waals surface area contributed by atoms with Gasteiger partial charge in [0.25, 0.3) is 0 Å². The van der Waals surface area contributed by atoms with Gasteiger partial charge in [-0.15, -0.1) is 0 Å². The summed E-state index contributed by atoms with van der Waals surface area (Å²) < 4.78 is 10.9. The second kappa shape index (κ2) is 10.2. The van der Waals surface area contributed by atoms with Crippen molar-refractivity contribution < 1.29 is 24.3 Å². The van der Waals surface area contributed by atoms with Gasteiger partial charge in [0.2, 0.25) is 0 Å². The topological polar surface area (TPSA) is 92.8 Å². The number of carbonyl (C=O) groups is 1. The van der Waals surface area contributed by atoms with Crippen molar-refractivity contribution in [3.8, 4) is 28.2 Å². The van der Waals surface area contributed by atoms with E-state index in [4.69, 9.17) is 9.26 Å². The summed E-state index contributed by atoms with van der Waals surface area (Å²) in [5.41, 5.74) is 6.69. The molecule has 1 aliphatic carbocycles. The first-order chi connectivity index (χ1) is 17.9. The van der Waals surface area contributed by atoms with Gasteiger partial charge in [-0.1, -0.05) is 65.8 Å². The fourth-order valence-corrected chi connectivity index (χ4v) is 5.02. The minimum Gasteiger partial charge on any atom is -0.497 e. The molecule has 1 fully saturated rings. The highest BCUT2D eigenvalue weighted by molar-refractivity contribution is 5.72. The van der Waals surface area contributed by atoms with E-state index in [2.05, 4.69) is 41.6 Å². The van der Waals surface area contributed by atoms with Crippen LogP contribution in [0.5, 0.6) is 5.75 Å². The van der Waals surface area contributed by atoms with Crippen molar-refractivity contribution in [2.75, 3.05) is 7.11 Å². The maximum atomic E-state index is 11.2. The number of aliphatic hydroxyl groups excluding tert-OH is 1. The molecule has 37 heavy (non-hydrogen) atoms. The molecule has 1 heterocycles. The molecule has 5 rings (SSSR count). The summed E-state index contributed by atoms with van der Waals surface area (Å²) in [5, 5.41) is 24.1. The number of aliphatic carboxylic acids is 1. The van der Waals surface area contributed by atoms with Gasteiger partial charge in [-0.25, -0.2) is 0 Å². The predicted octanol–water partition coefficient (Wildman–Crippen LogP) is 6.50. The highest BCUT2D eigenvalue weighted by atomic mass is 16.5. The van der Waals surface area contributed by atoms with Crippen molar-refractivity contribution in [3.05, 3.63) is 95.2 Å². The second-order valence-electron chi connectivity index (χ2n) is 9.91. The summed E-state index contributed by atoms with van der Waals surface area (Å²) in [6.07, 6.45) is 2.65. The average molecular weight is 498 g/mol. The SMILES string of the molecule is COc1ccc(C(O)CCc2c(C)noc2-c2ccc(-c3ccc(C4(CC(=O)O)CC4)cc3)cc2)cc1. The second-order valence-corrected chi connectivity index (χ2v) is 9.91. The number of methoxy groups -OCH3 is 1. The highest BCUT2D eigenvalue weighted by Crippen LogP contribution is 2.51. The van der Waals surface area contributed by atoms with E-state index < -0.39 is 12.1 Å². The van der Waals surface area contributed by atoms with Gasteiger partial charge in [-0.3, -0.25) is 4.79 Å². The lowest BCUT2D eigenvalue weighted by molar-refractivity contribution is -0.137. The van der Waals surface area contributed by atoms with Gasteiger partial charge in [-0.2, -0.15) is 0 Å². The number of aromatic nitrogens is 1. The van der Waals surface area contributed by atoms with Crippen LogP contribution in [0.25, 0.3) is 22.5 Å². The van der Waals surface area contributed by atoms with Crippen LogP contribution < -0.4 is 4.74 Å². The number of aryl methyl sites for hydroxylation is 1. The third-order valence-electron chi connectivity index (χ3n) is 7.47. The van der Waals surface area contributed by atoms with E-state index in [1.54, 1.807) is 7.11 Å². The van der Waals surface area contributed by atoms with Crippen LogP contribution in [-0.2, 0) is 16.6 Å². The van der Waals surface area contributed by atoms with E-state index in [-0.39, 0.29) is 11.8 Å². The Bertz CT molecular complexity index is 1370. The number of ether oxygens (including phenoxy) is 1. The predicted molar refractivity (Wildman–Crippen MR) is 142 cm³/mol. The van der Waals surface area contributed by atoms with Gasteiger partial charge >= 0.3 is 5.97 Å². The summed E-state index contributed by atoms with van der Waals surface area (Å²) >= 11 is 0. The zero-order chi connectivity index (χ0) is 26.0. The molecule has 0 radical (unpaired) electrons. The van der Waals surface area contributed by atoms with Crippen molar-refractivity contribution in [1.29, 1.82) is 0 Å². The number of nitrogens with zero attached hydrogens (tertiary/aromatic N) is 1. The first-order valence-electron chi connectivity index (χ1n) is 12.6. The fraction of sp³-hybridized carbons (Fsp3) is 0.290. The maximum absolute atomic E-state index is 11.2. The molecule has 190 valence electrons. The minimum atomic E-state index is -0.741. The Balaban J connectivity index is 1.28. The summed E-state index contributed by atoms with van der Waals surface area (Å²) in [4.78, 5) is 11.2. The zero-order valence-corrected chi connectivity index (χ0v) is 21.1. The van der Waals surface area contributed by atoms with Crippen LogP contribution in [-0.4, -0.2) is 28.4 Å². The number of carboxylic acid groups (broad SMARTS) is 1. The molecule has 2 N–H and O–H groups in total. The van der Waals surface area contributed by atoms with Gasteiger partial charge in [0.1, 0.15) is 5.75 Å². The number of hydrogen-bond donors (Lipinski definition) is 2. The normalized spacial score (nSPS) is 14.8. The van der Waals surface area contributed by atoms with E-state index in [1.165, 1.54) is 0 Å². The monoisotopic (exact) mass is 497 g/mol. The molecule has 0 bridgehead atoms. The molecular weight excluding hydrogens is 466 g/mol. The largest absolute Gasteiger partial charge is 0.497 e. The zero-order valence-electron chi connectivity index (χ0n) is 21.1. The van der Waals surface area contributed by atoms with Crippen molar-refractivity contribution >= 4 is 5.97 Å². The first-order valence-corrected chi connectivity index (χ1v) is 12.6. The van der Waals surface area contributed by atoms with Crippen molar-refractivity contribution in [2.45, 2.75) is 50.5 Å². The molecule has 0 aliphatic heterocycles. The smallest absolute Gasteiger partial charge is 0.304 e. The Labute approximate surface area is 216 Å². The number of rotatable bonds is 10. The first kappa shape index (κ1) is 24.8. The number of carboxylic acids is 1. The molecule has 6 nitrogen and oxygen atoms in total. The highest BCUT2D eigenvalue weighted by Gasteiger charge is 2.45. The molecule has 4 aromatic rings. The van der Waals surface area contributed by atoms with Crippen LogP contribution in [0.15, 0.2) is 77.3 Å². The number of hydrogen-bond acceptors (Lipinski definition) is 5.